The van der Waals surface area contributed by atoms with Crippen LogP contribution in [0.5, 0.6) is 5.75 Å². The lowest BCUT2D eigenvalue weighted by atomic mass is 9.87. The summed E-state index contributed by atoms with van der Waals surface area (Å²) in [5.74, 6) is 0.247. The van der Waals surface area contributed by atoms with Gasteiger partial charge < -0.3 is 25.0 Å². The fraction of sp³-hybridized carbons (Fsp3) is 0.455. The quantitative estimate of drug-likeness (QED) is 0.453. The van der Waals surface area contributed by atoms with Crippen LogP contribution in [0.4, 0.5) is 5.69 Å². The molecule has 3 rings (SSSR count). The lowest BCUT2D eigenvalue weighted by molar-refractivity contribution is -0.118. The van der Waals surface area contributed by atoms with Crippen molar-refractivity contribution in [2.45, 2.75) is 44.9 Å². The van der Waals surface area contributed by atoms with Crippen molar-refractivity contribution in [3.63, 3.8) is 0 Å². The molecule has 1 amide bonds. The summed E-state index contributed by atoms with van der Waals surface area (Å²) in [4.78, 5) is 16.6. The molecule has 3 aromatic rings. The van der Waals surface area contributed by atoms with Gasteiger partial charge in [-0.1, -0.05) is 38.1 Å². The van der Waals surface area contributed by atoms with Gasteiger partial charge in [0.05, 0.1) is 18.8 Å². The van der Waals surface area contributed by atoms with E-state index in [4.69, 9.17) is 9.47 Å². The van der Waals surface area contributed by atoms with Crippen LogP contribution in [0.1, 0.15) is 26.3 Å². The predicted molar refractivity (Wildman–Crippen MR) is 118 cm³/mol. The van der Waals surface area contributed by atoms with E-state index in [-0.39, 0.29) is 31.1 Å². The summed E-state index contributed by atoms with van der Waals surface area (Å²) in [5, 5.41) is 30.3. The normalized spacial score (nSPS) is 13.7. The van der Waals surface area contributed by atoms with E-state index in [0.29, 0.717) is 22.6 Å². The fourth-order valence-corrected chi connectivity index (χ4v) is 3.13. The molecule has 0 saturated heterocycles. The number of aliphatic hydroxyl groups excluding tert-OH is 2. The Labute approximate surface area is 186 Å². The summed E-state index contributed by atoms with van der Waals surface area (Å²) in [6, 6.07) is 9.26. The number of fused-ring (bicyclic) bond motifs is 1. The van der Waals surface area contributed by atoms with Crippen LogP contribution in [-0.2, 0) is 21.5 Å². The lowest BCUT2D eigenvalue weighted by Crippen LogP contribution is -2.35. The van der Waals surface area contributed by atoms with Gasteiger partial charge in [0.2, 0.25) is 0 Å². The molecule has 32 heavy (non-hydrogen) atoms. The maximum atomic E-state index is 12.4. The first-order valence-corrected chi connectivity index (χ1v) is 10.3. The van der Waals surface area contributed by atoms with Crippen molar-refractivity contribution in [2.75, 3.05) is 25.6 Å². The molecular weight excluding hydrogens is 414 g/mol. The molecule has 10 nitrogen and oxygen atoms in total. The highest BCUT2D eigenvalue weighted by Crippen LogP contribution is 2.24. The number of amides is 1. The number of ether oxygens (including phenoxy) is 2. The molecule has 3 N–H and O–H groups in total. The lowest BCUT2D eigenvalue weighted by Gasteiger charge is -2.19. The SMILES string of the molecule is CO[C@H](CO)[C@@H](O)Cn1nnc2c(NC(=O)COc3ccc(C(C)(C)C)cc3)ccnc21. The molecule has 0 aliphatic rings. The zero-order chi connectivity index (χ0) is 23.3. The summed E-state index contributed by atoms with van der Waals surface area (Å²) in [7, 11) is 1.40. The zero-order valence-electron chi connectivity index (χ0n) is 18.6. The maximum Gasteiger partial charge on any atom is 0.262 e. The number of hydrogen-bond donors (Lipinski definition) is 3. The first-order valence-electron chi connectivity index (χ1n) is 10.3. The van der Waals surface area contributed by atoms with Gasteiger partial charge in [-0.2, -0.15) is 0 Å². The van der Waals surface area contributed by atoms with E-state index < -0.39 is 12.2 Å². The van der Waals surface area contributed by atoms with Crippen molar-refractivity contribution in [1.82, 2.24) is 20.0 Å². The molecule has 0 saturated carbocycles. The van der Waals surface area contributed by atoms with Crippen molar-refractivity contribution in [1.29, 1.82) is 0 Å². The largest absolute Gasteiger partial charge is 0.484 e. The van der Waals surface area contributed by atoms with Gasteiger partial charge >= 0.3 is 0 Å². The molecule has 0 aliphatic carbocycles. The summed E-state index contributed by atoms with van der Waals surface area (Å²) >= 11 is 0. The molecule has 2 atom stereocenters. The molecule has 0 bridgehead atoms. The third-order valence-electron chi connectivity index (χ3n) is 5.04. The number of rotatable bonds is 9. The van der Waals surface area contributed by atoms with E-state index in [1.807, 2.05) is 24.3 Å². The monoisotopic (exact) mass is 443 g/mol. The number of hydrogen-bond acceptors (Lipinski definition) is 8. The van der Waals surface area contributed by atoms with Crippen LogP contribution >= 0.6 is 0 Å². The van der Waals surface area contributed by atoms with Crippen molar-refractivity contribution in [3.8, 4) is 5.75 Å². The summed E-state index contributed by atoms with van der Waals surface area (Å²) < 4.78 is 12.0. The first-order chi connectivity index (χ1) is 15.2. The predicted octanol–water partition coefficient (Wildman–Crippen LogP) is 1.51. The van der Waals surface area contributed by atoms with Crippen LogP contribution in [0.25, 0.3) is 11.2 Å². The Hall–Kier alpha value is -3.08. The Bertz CT molecular complexity index is 1040. The van der Waals surface area contributed by atoms with E-state index >= 15 is 0 Å². The van der Waals surface area contributed by atoms with Gasteiger partial charge in [0.15, 0.2) is 17.8 Å². The van der Waals surface area contributed by atoms with Crippen LogP contribution in [0.2, 0.25) is 0 Å². The van der Waals surface area contributed by atoms with Crippen LogP contribution < -0.4 is 10.1 Å². The fourth-order valence-electron chi connectivity index (χ4n) is 3.13. The second-order valence-electron chi connectivity index (χ2n) is 8.44. The highest BCUT2D eigenvalue weighted by atomic mass is 16.5. The molecular formula is C22H29N5O5. The standard InChI is InChI=1S/C22H29N5O5/c1-22(2,3)14-5-7-15(8-6-14)32-13-19(30)24-16-9-10-23-21-20(16)25-26-27(21)11-17(29)18(12-28)31-4/h5-10,17-18,28-29H,11-13H2,1-4H3,(H,23,24,30)/t17-,18+/m0/s1. The third-order valence-corrected chi connectivity index (χ3v) is 5.04. The van der Waals surface area contributed by atoms with Crippen LogP contribution in [0.15, 0.2) is 36.5 Å². The number of aromatic nitrogens is 4. The summed E-state index contributed by atoms with van der Waals surface area (Å²) in [5.41, 5.74) is 2.41. The summed E-state index contributed by atoms with van der Waals surface area (Å²) in [6.07, 6.45) is -0.254. The van der Waals surface area contributed by atoms with Crippen molar-refractivity contribution >= 4 is 22.8 Å². The molecule has 0 radical (unpaired) electrons. The van der Waals surface area contributed by atoms with Crippen LogP contribution in [0, 0.1) is 0 Å². The number of nitrogens with one attached hydrogen (secondary N) is 1. The van der Waals surface area contributed by atoms with Gasteiger partial charge in [-0.05, 0) is 29.2 Å². The van der Waals surface area contributed by atoms with E-state index in [9.17, 15) is 15.0 Å². The Morgan fingerprint density at radius 3 is 2.56 bits per heavy atom. The van der Waals surface area contributed by atoms with Crippen molar-refractivity contribution in [2.24, 2.45) is 0 Å². The number of methoxy groups -OCH3 is 1. The molecule has 2 heterocycles. The molecule has 10 heteroatoms. The minimum absolute atomic E-state index is 0.0215. The highest BCUT2D eigenvalue weighted by molar-refractivity contribution is 5.98. The molecule has 0 fully saturated rings. The molecule has 2 aromatic heterocycles. The summed E-state index contributed by atoms with van der Waals surface area (Å²) in [6.45, 7) is 5.91. The van der Waals surface area contributed by atoms with E-state index in [1.54, 1.807) is 6.07 Å². The number of benzene rings is 1. The molecule has 0 unspecified atom stereocenters. The van der Waals surface area contributed by atoms with Gasteiger partial charge in [-0.3, -0.25) is 4.79 Å². The topological polar surface area (TPSA) is 132 Å². The number of pyridine rings is 1. The van der Waals surface area contributed by atoms with E-state index in [1.165, 1.54) is 23.6 Å². The van der Waals surface area contributed by atoms with Crippen molar-refractivity contribution in [3.05, 3.63) is 42.1 Å². The third kappa shape index (κ3) is 5.58. The highest BCUT2D eigenvalue weighted by Gasteiger charge is 2.21. The van der Waals surface area contributed by atoms with E-state index in [0.717, 1.165) is 0 Å². The second kappa shape index (κ2) is 10.0. The molecule has 0 spiro atoms. The number of carbonyl (C=O) groups excluding carboxylic acids is 1. The molecule has 1 aromatic carbocycles. The average Bonchev–Trinajstić information content (AvgIpc) is 3.16. The van der Waals surface area contributed by atoms with Gasteiger partial charge in [0, 0.05) is 13.3 Å². The van der Waals surface area contributed by atoms with E-state index in [2.05, 4.69) is 41.4 Å². The van der Waals surface area contributed by atoms with Crippen LogP contribution in [-0.4, -0.2) is 68.6 Å². The zero-order valence-corrected chi connectivity index (χ0v) is 18.6. The number of nitrogens with zero attached hydrogens (tertiary/aromatic N) is 4. The first kappa shape index (κ1) is 23.6. The number of anilines is 1. The number of aliphatic hydroxyl groups is 2. The molecule has 0 aliphatic heterocycles. The Morgan fingerprint density at radius 1 is 1.22 bits per heavy atom. The van der Waals surface area contributed by atoms with Crippen LogP contribution in [0.3, 0.4) is 0 Å². The Balaban J connectivity index is 1.64. The van der Waals surface area contributed by atoms with Gasteiger partial charge in [-0.15, -0.1) is 5.10 Å². The number of carbonyl (C=O) groups is 1. The average molecular weight is 444 g/mol. The van der Waals surface area contributed by atoms with Gasteiger partial charge in [0.25, 0.3) is 5.91 Å². The molecule has 172 valence electrons. The Kier molecular flexibility index (Phi) is 7.39. The maximum absolute atomic E-state index is 12.4. The minimum Gasteiger partial charge on any atom is -0.484 e. The van der Waals surface area contributed by atoms with Gasteiger partial charge in [-0.25, -0.2) is 9.67 Å². The van der Waals surface area contributed by atoms with Gasteiger partial charge in [0.1, 0.15) is 18.0 Å². The van der Waals surface area contributed by atoms with Crippen molar-refractivity contribution < 1.29 is 24.5 Å². The Morgan fingerprint density at radius 2 is 1.94 bits per heavy atom. The smallest absolute Gasteiger partial charge is 0.262 e. The second-order valence-corrected chi connectivity index (χ2v) is 8.44. The minimum atomic E-state index is -1.01.